The van der Waals surface area contributed by atoms with Gasteiger partial charge in [-0.3, -0.25) is 9.59 Å². The Labute approximate surface area is 78.1 Å². The fourth-order valence-corrected chi connectivity index (χ4v) is 1.12. The quantitative estimate of drug-likeness (QED) is 0.650. The Morgan fingerprint density at radius 2 is 1.92 bits per heavy atom. The number of carbonyl (C=O) groups excluding carboxylic acids is 1. The van der Waals surface area contributed by atoms with Crippen LogP contribution in [0.15, 0.2) is 0 Å². The van der Waals surface area contributed by atoms with Crippen LogP contribution in [-0.2, 0) is 9.59 Å². The molecule has 0 heterocycles. The molecule has 4 nitrogen and oxygen atoms in total. The highest BCUT2D eigenvalue weighted by molar-refractivity contribution is 5.76. The van der Waals surface area contributed by atoms with E-state index in [2.05, 4.69) is 0 Å². The monoisotopic (exact) mass is 187 g/mol. The first-order chi connectivity index (χ1) is 5.99. The van der Waals surface area contributed by atoms with E-state index < -0.39 is 11.9 Å². The minimum Gasteiger partial charge on any atom is -0.481 e. The second-order valence-electron chi connectivity index (χ2n) is 3.32. The van der Waals surface area contributed by atoms with Gasteiger partial charge in [0.2, 0.25) is 5.91 Å². The molecule has 0 rings (SSSR count). The molecule has 4 heteroatoms. The van der Waals surface area contributed by atoms with E-state index >= 15 is 0 Å². The van der Waals surface area contributed by atoms with Crippen molar-refractivity contribution in [2.24, 2.45) is 17.6 Å². The van der Waals surface area contributed by atoms with Crippen LogP contribution in [0.3, 0.4) is 0 Å². The van der Waals surface area contributed by atoms with Crippen molar-refractivity contribution in [3.8, 4) is 0 Å². The number of hydrogen-bond acceptors (Lipinski definition) is 2. The summed E-state index contributed by atoms with van der Waals surface area (Å²) in [5, 5.41) is 8.59. The van der Waals surface area contributed by atoms with Gasteiger partial charge in [0.1, 0.15) is 0 Å². The Bertz CT molecular complexity index is 191. The van der Waals surface area contributed by atoms with Crippen LogP contribution in [0.4, 0.5) is 0 Å². The average molecular weight is 187 g/mol. The first kappa shape index (κ1) is 11.9. The molecular weight excluding hydrogens is 170 g/mol. The van der Waals surface area contributed by atoms with Crippen LogP contribution in [0, 0.1) is 11.8 Å². The van der Waals surface area contributed by atoms with Crippen LogP contribution in [0.5, 0.6) is 0 Å². The molecule has 2 unspecified atom stereocenters. The molecule has 0 aromatic rings. The van der Waals surface area contributed by atoms with E-state index in [0.717, 1.165) is 0 Å². The van der Waals surface area contributed by atoms with Crippen molar-refractivity contribution < 1.29 is 14.7 Å². The molecule has 0 aromatic heterocycles. The minimum atomic E-state index is -0.820. The molecule has 2 atom stereocenters. The number of rotatable bonds is 6. The first-order valence-electron chi connectivity index (χ1n) is 4.51. The van der Waals surface area contributed by atoms with E-state index in [-0.39, 0.29) is 11.8 Å². The van der Waals surface area contributed by atoms with Crippen LogP contribution in [-0.4, -0.2) is 17.0 Å². The largest absolute Gasteiger partial charge is 0.481 e. The number of carboxylic acids is 1. The normalized spacial score (nSPS) is 14.9. The van der Waals surface area contributed by atoms with E-state index in [0.29, 0.717) is 19.3 Å². The Kier molecular flexibility index (Phi) is 5.11. The molecule has 1 amide bonds. The molecule has 0 saturated carbocycles. The van der Waals surface area contributed by atoms with Crippen molar-refractivity contribution in [3.63, 3.8) is 0 Å². The van der Waals surface area contributed by atoms with Crippen LogP contribution < -0.4 is 5.73 Å². The zero-order valence-corrected chi connectivity index (χ0v) is 8.12. The molecule has 0 aromatic carbocycles. The van der Waals surface area contributed by atoms with Crippen molar-refractivity contribution in [2.75, 3.05) is 0 Å². The maximum absolute atomic E-state index is 10.8. The SMILES string of the molecule is CCC(CCC(C)C(=O)O)C(N)=O. The van der Waals surface area contributed by atoms with Crippen LogP contribution in [0.1, 0.15) is 33.1 Å². The summed E-state index contributed by atoms with van der Waals surface area (Å²) in [5.74, 6) is -1.73. The van der Waals surface area contributed by atoms with Crippen molar-refractivity contribution >= 4 is 11.9 Å². The molecular formula is C9H17NO3. The van der Waals surface area contributed by atoms with E-state index in [1.165, 1.54) is 0 Å². The maximum atomic E-state index is 10.8. The lowest BCUT2D eigenvalue weighted by molar-refractivity contribution is -0.141. The third-order valence-electron chi connectivity index (χ3n) is 2.26. The first-order valence-corrected chi connectivity index (χ1v) is 4.51. The van der Waals surface area contributed by atoms with Crippen LogP contribution in [0.25, 0.3) is 0 Å². The number of primary amides is 1. The van der Waals surface area contributed by atoms with Crippen LogP contribution in [0.2, 0.25) is 0 Å². The predicted molar refractivity (Wildman–Crippen MR) is 49.0 cm³/mol. The third kappa shape index (κ3) is 4.50. The van der Waals surface area contributed by atoms with Crippen molar-refractivity contribution in [3.05, 3.63) is 0 Å². The van der Waals surface area contributed by atoms with Gasteiger partial charge in [-0.2, -0.15) is 0 Å². The Balaban J connectivity index is 3.85. The molecule has 0 radical (unpaired) electrons. The molecule has 0 bridgehead atoms. The van der Waals surface area contributed by atoms with Gasteiger partial charge >= 0.3 is 5.97 Å². The van der Waals surface area contributed by atoms with Gasteiger partial charge in [-0.15, -0.1) is 0 Å². The molecule has 0 aliphatic rings. The maximum Gasteiger partial charge on any atom is 0.306 e. The summed E-state index contributed by atoms with van der Waals surface area (Å²) in [6.45, 7) is 3.51. The lowest BCUT2D eigenvalue weighted by Gasteiger charge is -2.11. The van der Waals surface area contributed by atoms with Gasteiger partial charge in [0.25, 0.3) is 0 Å². The molecule has 0 fully saturated rings. The molecule has 13 heavy (non-hydrogen) atoms. The highest BCUT2D eigenvalue weighted by atomic mass is 16.4. The highest BCUT2D eigenvalue weighted by Gasteiger charge is 2.17. The van der Waals surface area contributed by atoms with E-state index in [1.807, 2.05) is 6.92 Å². The summed E-state index contributed by atoms with van der Waals surface area (Å²) in [6.07, 6.45) is 1.76. The summed E-state index contributed by atoms with van der Waals surface area (Å²) < 4.78 is 0. The lowest BCUT2D eigenvalue weighted by Crippen LogP contribution is -2.23. The number of carboxylic acid groups (broad SMARTS) is 1. The van der Waals surface area contributed by atoms with Crippen molar-refractivity contribution in [1.82, 2.24) is 0 Å². The number of hydrogen-bond donors (Lipinski definition) is 2. The van der Waals surface area contributed by atoms with Gasteiger partial charge in [-0.25, -0.2) is 0 Å². The van der Waals surface area contributed by atoms with Gasteiger partial charge in [-0.1, -0.05) is 13.8 Å². The Morgan fingerprint density at radius 1 is 1.38 bits per heavy atom. The molecule has 0 aliphatic carbocycles. The summed E-state index contributed by atoms with van der Waals surface area (Å²) >= 11 is 0. The number of nitrogens with two attached hydrogens (primary N) is 1. The summed E-state index contributed by atoms with van der Waals surface area (Å²) in [6, 6.07) is 0. The number of amides is 1. The lowest BCUT2D eigenvalue weighted by atomic mass is 9.94. The van der Waals surface area contributed by atoms with Crippen LogP contribution >= 0.6 is 0 Å². The zero-order chi connectivity index (χ0) is 10.4. The molecule has 3 N–H and O–H groups in total. The highest BCUT2D eigenvalue weighted by Crippen LogP contribution is 2.15. The Hall–Kier alpha value is -1.06. The van der Waals surface area contributed by atoms with E-state index in [4.69, 9.17) is 10.8 Å². The zero-order valence-electron chi connectivity index (χ0n) is 8.12. The molecule has 76 valence electrons. The number of aliphatic carboxylic acids is 1. The Morgan fingerprint density at radius 3 is 2.23 bits per heavy atom. The summed E-state index contributed by atoms with van der Waals surface area (Å²) in [7, 11) is 0. The number of carbonyl (C=O) groups is 2. The van der Waals surface area contributed by atoms with Gasteiger partial charge in [0, 0.05) is 5.92 Å². The van der Waals surface area contributed by atoms with Gasteiger partial charge in [-0.05, 0) is 19.3 Å². The average Bonchev–Trinajstić information content (AvgIpc) is 2.04. The topological polar surface area (TPSA) is 80.4 Å². The minimum absolute atomic E-state index is 0.179. The molecule has 0 spiro atoms. The van der Waals surface area contributed by atoms with E-state index in [1.54, 1.807) is 6.92 Å². The third-order valence-corrected chi connectivity index (χ3v) is 2.26. The summed E-state index contributed by atoms with van der Waals surface area (Å²) in [5.41, 5.74) is 5.12. The fourth-order valence-electron chi connectivity index (χ4n) is 1.12. The van der Waals surface area contributed by atoms with Gasteiger partial charge < -0.3 is 10.8 Å². The standard InChI is InChI=1S/C9H17NO3/c1-3-7(8(10)11)5-4-6(2)9(12)13/h6-7H,3-5H2,1-2H3,(H2,10,11)(H,12,13). The van der Waals surface area contributed by atoms with Gasteiger partial charge in [0.15, 0.2) is 0 Å². The second kappa shape index (κ2) is 5.56. The molecule has 0 aliphatic heterocycles. The molecule has 0 saturated heterocycles. The smallest absolute Gasteiger partial charge is 0.306 e. The van der Waals surface area contributed by atoms with E-state index in [9.17, 15) is 9.59 Å². The summed E-state index contributed by atoms with van der Waals surface area (Å²) in [4.78, 5) is 21.2. The fraction of sp³-hybridized carbons (Fsp3) is 0.778. The van der Waals surface area contributed by atoms with Gasteiger partial charge in [0.05, 0.1) is 5.92 Å². The predicted octanol–water partition coefficient (Wildman–Crippen LogP) is 0.999. The second-order valence-corrected chi connectivity index (χ2v) is 3.32. The van der Waals surface area contributed by atoms with Crippen molar-refractivity contribution in [2.45, 2.75) is 33.1 Å². The van der Waals surface area contributed by atoms with Crippen molar-refractivity contribution in [1.29, 1.82) is 0 Å².